The van der Waals surface area contributed by atoms with Gasteiger partial charge in [-0.15, -0.1) is 0 Å². The molecule has 43 heavy (non-hydrogen) atoms. The van der Waals surface area contributed by atoms with Crippen LogP contribution in [0, 0.1) is 5.82 Å². The van der Waals surface area contributed by atoms with E-state index < -0.39 is 21.7 Å². The molecule has 1 N–H and O–H groups in total. The van der Waals surface area contributed by atoms with Gasteiger partial charge in [0.2, 0.25) is 17.7 Å². The van der Waals surface area contributed by atoms with Crippen molar-refractivity contribution >= 4 is 52.0 Å². The molecular weight excluding hydrogens is 613 g/mol. The Bertz CT molecular complexity index is 1570. The molecule has 0 aliphatic heterocycles. The summed E-state index contributed by atoms with van der Waals surface area (Å²) in [6.07, 6.45) is 0.962. The van der Waals surface area contributed by atoms with Crippen molar-refractivity contribution in [1.29, 1.82) is 0 Å². The third kappa shape index (κ3) is 9.54. The van der Waals surface area contributed by atoms with Gasteiger partial charge in [0.1, 0.15) is 5.82 Å². The standard InChI is InChI=1S/C31H35ClFN3O5S2/c1-3-8-30(38)35(16-15-31(39)36(17-18-42)21-24-9-4-6-11-28(24)33)20-23-13-14-25(27(32)19-23)26-10-5-7-12-29(26)43(40,41)34-22(2)37/h4-7,9-14,19,42H,3,8,15-18,20-21H2,1-2H3,(H,34,37). The first-order valence-corrected chi connectivity index (χ1v) is 16.3. The van der Waals surface area contributed by atoms with Crippen LogP contribution in [-0.4, -0.2) is 54.8 Å². The predicted octanol–water partition coefficient (Wildman–Crippen LogP) is 5.45. The molecule has 3 rings (SSSR count). The number of sulfonamides is 1. The number of nitrogens with zero attached hydrogens (tertiary/aromatic N) is 2. The molecule has 8 nitrogen and oxygen atoms in total. The van der Waals surface area contributed by atoms with E-state index in [1.807, 2.05) is 11.6 Å². The number of carbonyl (C=O) groups is 3. The number of amides is 3. The van der Waals surface area contributed by atoms with Crippen LogP contribution in [0.3, 0.4) is 0 Å². The van der Waals surface area contributed by atoms with Crippen LogP contribution >= 0.6 is 24.2 Å². The van der Waals surface area contributed by atoms with Gasteiger partial charge in [-0.05, 0) is 30.2 Å². The maximum atomic E-state index is 14.2. The largest absolute Gasteiger partial charge is 0.338 e. The van der Waals surface area contributed by atoms with Gasteiger partial charge >= 0.3 is 0 Å². The summed E-state index contributed by atoms with van der Waals surface area (Å²) in [6, 6.07) is 17.5. The Morgan fingerprint density at radius 1 is 0.884 bits per heavy atom. The predicted molar refractivity (Wildman–Crippen MR) is 169 cm³/mol. The summed E-state index contributed by atoms with van der Waals surface area (Å²) in [5, 5.41) is 0.256. The first-order chi connectivity index (χ1) is 20.5. The van der Waals surface area contributed by atoms with Gasteiger partial charge in [-0.1, -0.05) is 67.1 Å². The SMILES string of the molecule is CCCC(=O)N(CCC(=O)N(CCS)Cc1ccccc1F)Cc1ccc(-c2ccccc2S(=O)(=O)NC(C)=O)c(Cl)c1. The minimum Gasteiger partial charge on any atom is -0.338 e. The number of hydrogen-bond acceptors (Lipinski definition) is 6. The third-order valence-electron chi connectivity index (χ3n) is 6.61. The number of rotatable bonds is 14. The van der Waals surface area contributed by atoms with Crippen molar-refractivity contribution in [2.45, 2.75) is 51.1 Å². The van der Waals surface area contributed by atoms with Gasteiger partial charge in [0, 0.05) is 73.4 Å². The Labute approximate surface area is 262 Å². The van der Waals surface area contributed by atoms with Gasteiger partial charge in [0.05, 0.1) is 4.90 Å². The molecule has 0 fully saturated rings. The van der Waals surface area contributed by atoms with Crippen LogP contribution in [0.2, 0.25) is 5.02 Å². The number of thiol groups is 1. The summed E-state index contributed by atoms with van der Waals surface area (Å²) in [4.78, 5) is 40.7. The highest BCUT2D eigenvalue weighted by atomic mass is 35.5. The van der Waals surface area contributed by atoms with Gasteiger partial charge in [0.25, 0.3) is 10.0 Å². The zero-order valence-electron chi connectivity index (χ0n) is 24.1. The second kappa shape index (κ2) is 15.9. The number of halogens is 2. The van der Waals surface area contributed by atoms with Crippen molar-refractivity contribution < 1.29 is 27.2 Å². The molecule has 0 heterocycles. The van der Waals surface area contributed by atoms with Crippen LogP contribution in [0.5, 0.6) is 0 Å². The molecule has 3 aromatic carbocycles. The lowest BCUT2D eigenvalue weighted by molar-refractivity contribution is -0.135. The molecule has 0 spiro atoms. The Hall–Kier alpha value is -3.41. The summed E-state index contributed by atoms with van der Waals surface area (Å²) in [7, 11) is -4.12. The molecule has 3 amide bonds. The average molecular weight is 648 g/mol. The Balaban J connectivity index is 1.80. The van der Waals surface area contributed by atoms with Crippen molar-refractivity contribution in [3.05, 3.63) is 88.7 Å². The number of nitrogens with one attached hydrogen (secondary N) is 1. The zero-order valence-corrected chi connectivity index (χ0v) is 26.5. The fourth-order valence-electron chi connectivity index (χ4n) is 4.56. The van der Waals surface area contributed by atoms with E-state index in [0.29, 0.717) is 47.4 Å². The van der Waals surface area contributed by atoms with Crippen molar-refractivity contribution in [2.24, 2.45) is 0 Å². The third-order valence-corrected chi connectivity index (χ3v) is 8.61. The van der Waals surface area contributed by atoms with Crippen molar-refractivity contribution in [3.63, 3.8) is 0 Å². The van der Waals surface area contributed by atoms with Crippen molar-refractivity contribution in [1.82, 2.24) is 14.5 Å². The highest BCUT2D eigenvalue weighted by molar-refractivity contribution is 7.90. The molecule has 0 aliphatic carbocycles. The van der Waals surface area contributed by atoms with Gasteiger partial charge in [-0.25, -0.2) is 17.5 Å². The Morgan fingerprint density at radius 2 is 1.53 bits per heavy atom. The Morgan fingerprint density at radius 3 is 2.19 bits per heavy atom. The highest BCUT2D eigenvalue weighted by Gasteiger charge is 2.23. The lowest BCUT2D eigenvalue weighted by Gasteiger charge is -2.26. The topological polar surface area (TPSA) is 104 Å². The minimum absolute atomic E-state index is 0.0396. The summed E-state index contributed by atoms with van der Waals surface area (Å²) in [5.74, 6) is -1.06. The molecule has 0 bridgehead atoms. The second-order valence-electron chi connectivity index (χ2n) is 9.92. The van der Waals surface area contributed by atoms with Crippen molar-refractivity contribution in [3.8, 4) is 11.1 Å². The maximum absolute atomic E-state index is 14.2. The Kier molecular flexibility index (Phi) is 12.6. The molecule has 0 aliphatic rings. The van der Waals surface area contributed by atoms with Gasteiger partial charge in [-0.3, -0.25) is 14.4 Å². The van der Waals surface area contributed by atoms with Gasteiger partial charge < -0.3 is 9.80 Å². The normalized spacial score (nSPS) is 11.2. The molecule has 0 aromatic heterocycles. The van der Waals surface area contributed by atoms with E-state index in [-0.39, 0.29) is 47.8 Å². The number of benzene rings is 3. The molecule has 0 radical (unpaired) electrons. The van der Waals surface area contributed by atoms with Crippen LogP contribution in [0.4, 0.5) is 4.39 Å². The first-order valence-electron chi connectivity index (χ1n) is 13.8. The van der Waals surface area contributed by atoms with E-state index in [1.54, 1.807) is 59.5 Å². The van der Waals surface area contributed by atoms with E-state index in [2.05, 4.69) is 12.6 Å². The molecule has 230 valence electrons. The minimum atomic E-state index is -4.12. The fourth-order valence-corrected chi connectivity index (χ4v) is 6.32. The summed E-state index contributed by atoms with van der Waals surface area (Å²) in [5.41, 5.74) is 1.84. The number of hydrogen-bond donors (Lipinski definition) is 2. The van der Waals surface area contributed by atoms with Crippen LogP contribution in [0.1, 0.15) is 44.2 Å². The summed E-state index contributed by atoms with van der Waals surface area (Å²) < 4.78 is 41.7. The smallest absolute Gasteiger partial charge is 0.264 e. The lowest BCUT2D eigenvalue weighted by atomic mass is 10.0. The van der Waals surface area contributed by atoms with Gasteiger partial charge in [-0.2, -0.15) is 12.6 Å². The maximum Gasteiger partial charge on any atom is 0.264 e. The van der Waals surface area contributed by atoms with Crippen LogP contribution in [-0.2, 0) is 37.5 Å². The van der Waals surface area contributed by atoms with E-state index in [1.165, 1.54) is 17.0 Å². The zero-order chi connectivity index (χ0) is 31.6. The van der Waals surface area contributed by atoms with Gasteiger partial charge in [0.15, 0.2) is 0 Å². The molecule has 0 saturated carbocycles. The molecular formula is C31H35ClFN3O5S2. The van der Waals surface area contributed by atoms with E-state index in [9.17, 15) is 27.2 Å². The van der Waals surface area contributed by atoms with Crippen molar-refractivity contribution in [2.75, 3.05) is 18.8 Å². The quantitative estimate of drug-likeness (QED) is 0.227. The summed E-state index contributed by atoms with van der Waals surface area (Å²) in [6.45, 7) is 3.76. The molecule has 0 unspecified atom stereocenters. The van der Waals surface area contributed by atoms with Crippen LogP contribution in [0.25, 0.3) is 11.1 Å². The molecule has 0 atom stereocenters. The number of carbonyl (C=O) groups excluding carboxylic acids is 3. The lowest BCUT2D eigenvalue weighted by Crippen LogP contribution is -2.37. The first kappa shape index (κ1) is 34.1. The van der Waals surface area contributed by atoms with Crippen LogP contribution in [0.15, 0.2) is 71.6 Å². The molecule has 0 saturated heterocycles. The van der Waals surface area contributed by atoms with E-state index in [4.69, 9.17) is 11.6 Å². The summed E-state index contributed by atoms with van der Waals surface area (Å²) >= 11 is 10.9. The fraction of sp³-hybridized carbons (Fsp3) is 0.323. The monoisotopic (exact) mass is 647 g/mol. The van der Waals surface area contributed by atoms with E-state index in [0.717, 1.165) is 6.92 Å². The highest BCUT2D eigenvalue weighted by Crippen LogP contribution is 2.33. The molecule has 12 heteroatoms. The van der Waals surface area contributed by atoms with Crippen LogP contribution < -0.4 is 4.72 Å². The average Bonchev–Trinajstić information content (AvgIpc) is 2.95. The molecule has 3 aromatic rings. The van der Waals surface area contributed by atoms with E-state index >= 15 is 0 Å². The second-order valence-corrected chi connectivity index (χ2v) is 12.4.